The maximum absolute atomic E-state index is 10.9. The van der Waals surface area contributed by atoms with E-state index in [0.717, 1.165) is 11.7 Å². The number of imidazole rings is 1. The lowest BCUT2D eigenvalue weighted by Crippen LogP contribution is -2.22. The van der Waals surface area contributed by atoms with E-state index in [9.17, 15) is 4.79 Å². The van der Waals surface area contributed by atoms with Crippen molar-refractivity contribution in [2.45, 2.75) is 39.3 Å². The first-order valence-corrected chi connectivity index (χ1v) is 9.35. The second kappa shape index (κ2) is 5.46. The van der Waals surface area contributed by atoms with Gasteiger partial charge in [-0.3, -0.25) is 4.57 Å². The Balaban J connectivity index is 2.52. The molecular formula is C11H20N2O3Si. The van der Waals surface area contributed by atoms with Crippen LogP contribution in [-0.4, -0.2) is 35.3 Å². The number of carboxylic acids is 1. The van der Waals surface area contributed by atoms with Gasteiger partial charge in [-0.15, -0.1) is 0 Å². The second-order valence-electron chi connectivity index (χ2n) is 5.30. The molecule has 0 bridgehead atoms. The summed E-state index contributed by atoms with van der Waals surface area (Å²) in [5.74, 6) is -0.984. The van der Waals surface area contributed by atoms with Gasteiger partial charge < -0.3 is 9.84 Å². The molecule has 0 spiro atoms. The van der Waals surface area contributed by atoms with Crippen LogP contribution >= 0.6 is 0 Å². The second-order valence-corrected chi connectivity index (χ2v) is 10.9. The van der Waals surface area contributed by atoms with E-state index in [2.05, 4.69) is 24.6 Å². The predicted molar refractivity (Wildman–Crippen MR) is 68.0 cm³/mol. The number of aryl methyl sites for hydroxylation is 1. The van der Waals surface area contributed by atoms with Gasteiger partial charge in [0.05, 0.1) is 0 Å². The van der Waals surface area contributed by atoms with Crippen LogP contribution < -0.4 is 0 Å². The van der Waals surface area contributed by atoms with Gasteiger partial charge in [-0.1, -0.05) is 19.6 Å². The summed E-state index contributed by atoms with van der Waals surface area (Å²) in [5.41, 5.74) is 0.801. The predicted octanol–water partition coefficient (Wildman–Crippen LogP) is 2.20. The lowest BCUT2D eigenvalue weighted by Gasteiger charge is -2.16. The summed E-state index contributed by atoms with van der Waals surface area (Å²) in [4.78, 5) is 14.7. The Bertz CT molecular complexity index is 396. The van der Waals surface area contributed by atoms with Crippen molar-refractivity contribution < 1.29 is 14.6 Å². The van der Waals surface area contributed by atoms with Crippen molar-refractivity contribution in [1.82, 2.24) is 9.55 Å². The van der Waals surface area contributed by atoms with Crippen molar-refractivity contribution in [3.8, 4) is 0 Å². The van der Waals surface area contributed by atoms with Gasteiger partial charge in [-0.2, -0.15) is 0 Å². The minimum atomic E-state index is -1.09. The van der Waals surface area contributed by atoms with Crippen LogP contribution in [-0.2, 0) is 11.5 Å². The van der Waals surface area contributed by atoms with Crippen LogP contribution in [0.15, 0.2) is 6.20 Å². The molecule has 0 aliphatic heterocycles. The van der Waals surface area contributed by atoms with Crippen LogP contribution in [0.25, 0.3) is 0 Å². The molecule has 1 aromatic heterocycles. The standard InChI is InChI=1S/C11H20N2O3Si/c1-9-7-12-10(11(14)15)13(9)8-16-5-6-17(2,3)4/h7H,5-6,8H2,1-4H3,(H,14,15). The molecule has 0 atom stereocenters. The van der Waals surface area contributed by atoms with Gasteiger partial charge in [0.1, 0.15) is 6.73 Å². The average Bonchev–Trinajstić information content (AvgIpc) is 2.53. The molecule has 1 aromatic rings. The summed E-state index contributed by atoms with van der Waals surface area (Å²) >= 11 is 0. The number of ether oxygens (including phenoxy) is 1. The Morgan fingerprint density at radius 3 is 2.71 bits per heavy atom. The molecule has 0 saturated carbocycles. The summed E-state index contributed by atoms with van der Waals surface area (Å²) < 4.78 is 7.10. The SMILES string of the molecule is Cc1cnc(C(=O)O)n1COCC[Si](C)(C)C. The van der Waals surface area contributed by atoms with E-state index in [1.807, 2.05) is 6.92 Å². The Morgan fingerprint density at radius 1 is 1.53 bits per heavy atom. The number of nitrogens with zero attached hydrogens (tertiary/aromatic N) is 2. The van der Waals surface area contributed by atoms with Crippen LogP contribution in [0, 0.1) is 6.92 Å². The Kier molecular flexibility index (Phi) is 4.47. The van der Waals surface area contributed by atoms with Gasteiger partial charge in [-0.25, -0.2) is 9.78 Å². The van der Waals surface area contributed by atoms with Crippen LogP contribution in [0.4, 0.5) is 0 Å². The van der Waals surface area contributed by atoms with Crippen LogP contribution in [0.5, 0.6) is 0 Å². The van der Waals surface area contributed by atoms with Gasteiger partial charge in [0.25, 0.3) is 0 Å². The molecule has 1 heterocycles. The smallest absolute Gasteiger partial charge is 0.372 e. The number of aromatic carboxylic acids is 1. The third kappa shape index (κ3) is 4.31. The van der Waals surface area contributed by atoms with Gasteiger partial charge >= 0.3 is 5.97 Å². The molecule has 5 nitrogen and oxygen atoms in total. The number of hydrogen-bond donors (Lipinski definition) is 1. The van der Waals surface area contributed by atoms with E-state index < -0.39 is 14.0 Å². The van der Waals surface area contributed by atoms with E-state index in [4.69, 9.17) is 9.84 Å². The van der Waals surface area contributed by atoms with Crippen molar-refractivity contribution in [3.05, 3.63) is 17.7 Å². The fraction of sp³-hybridized carbons (Fsp3) is 0.636. The topological polar surface area (TPSA) is 64.3 Å². The summed E-state index contributed by atoms with van der Waals surface area (Å²) in [6.07, 6.45) is 1.55. The molecule has 0 fully saturated rings. The molecule has 17 heavy (non-hydrogen) atoms. The summed E-state index contributed by atoms with van der Waals surface area (Å²) in [6, 6.07) is 1.07. The molecule has 1 rings (SSSR count). The largest absolute Gasteiger partial charge is 0.475 e. The maximum atomic E-state index is 10.9. The summed E-state index contributed by atoms with van der Waals surface area (Å²) in [6.45, 7) is 9.59. The van der Waals surface area contributed by atoms with Crippen molar-refractivity contribution in [2.75, 3.05) is 6.61 Å². The maximum Gasteiger partial charge on any atom is 0.372 e. The fourth-order valence-corrected chi connectivity index (χ4v) is 2.09. The third-order valence-corrected chi connectivity index (χ3v) is 4.17. The van der Waals surface area contributed by atoms with Crippen molar-refractivity contribution in [3.63, 3.8) is 0 Å². The molecular weight excluding hydrogens is 236 g/mol. The van der Waals surface area contributed by atoms with Gasteiger partial charge in [0, 0.05) is 26.6 Å². The zero-order valence-corrected chi connectivity index (χ0v) is 11.9. The first kappa shape index (κ1) is 13.9. The molecule has 0 saturated heterocycles. The molecule has 96 valence electrons. The highest BCUT2D eigenvalue weighted by Gasteiger charge is 2.15. The fourth-order valence-electron chi connectivity index (χ4n) is 1.33. The molecule has 0 aliphatic carbocycles. The molecule has 6 heteroatoms. The highest BCUT2D eigenvalue weighted by Crippen LogP contribution is 2.09. The van der Waals surface area contributed by atoms with E-state index >= 15 is 0 Å². The van der Waals surface area contributed by atoms with Crippen LogP contribution in [0.3, 0.4) is 0 Å². The van der Waals surface area contributed by atoms with E-state index in [-0.39, 0.29) is 12.6 Å². The molecule has 1 N–H and O–H groups in total. The van der Waals surface area contributed by atoms with Gasteiger partial charge in [0.2, 0.25) is 5.82 Å². The first-order valence-electron chi connectivity index (χ1n) is 5.64. The Labute approximate surface area is 102 Å². The first-order chi connectivity index (χ1) is 7.81. The lowest BCUT2D eigenvalue weighted by molar-refractivity contribution is 0.0609. The van der Waals surface area contributed by atoms with Crippen molar-refractivity contribution in [2.24, 2.45) is 0 Å². The zero-order chi connectivity index (χ0) is 13.1. The molecule has 0 aromatic carbocycles. The number of aromatic nitrogens is 2. The average molecular weight is 256 g/mol. The Morgan fingerprint density at radius 2 is 2.18 bits per heavy atom. The number of hydrogen-bond acceptors (Lipinski definition) is 3. The van der Waals surface area contributed by atoms with E-state index in [1.165, 1.54) is 0 Å². The zero-order valence-electron chi connectivity index (χ0n) is 10.9. The highest BCUT2D eigenvalue weighted by atomic mass is 28.3. The van der Waals surface area contributed by atoms with Crippen molar-refractivity contribution >= 4 is 14.0 Å². The quantitative estimate of drug-likeness (QED) is 0.626. The minimum Gasteiger partial charge on any atom is -0.475 e. The number of rotatable bonds is 6. The van der Waals surface area contributed by atoms with E-state index in [1.54, 1.807) is 10.8 Å². The molecule has 0 aliphatic rings. The Hall–Kier alpha value is -1.14. The van der Waals surface area contributed by atoms with E-state index in [0.29, 0.717) is 6.61 Å². The number of carbonyl (C=O) groups is 1. The lowest BCUT2D eigenvalue weighted by atomic mass is 10.5. The number of carboxylic acid groups (broad SMARTS) is 1. The van der Waals surface area contributed by atoms with Crippen LogP contribution in [0.1, 0.15) is 16.3 Å². The molecule has 0 radical (unpaired) electrons. The van der Waals surface area contributed by atoms with Crippen LogP contribution in [0.2, 0.25) is 25.7 Å². The van der Waals surface area contributed by atoms with Crippen molar-refractivity contribution in [1.29, 1.82) is 0 Å². The monoisotopic (exact) mass is 256 g/mol. The summed E-state index contributed by atoms with van der Waals surface area (Å²) in [5, 5.41) is 8.93. The third-order valence-electron chi connectivity index (χ3n) is 2.46. The van der Waals surface area contributed by atoms with Gasteiger partial charge in [-0.05, 0) is 13.0 Å². The van der Waals surface area contributed by atoms with Gasteiger partial charge in [0.15, 0.2) is 0 Å². The normalized spacial score (nSPS) is 11.8. The summed E-state index contributed by atoms with van der Waals surface area (Å²) in [7, 11) is -1.09. The molecule has 0 unspecified atom stereocenters. The minimum absolute atomic E-state index is 0.0375. The highest BCUT2D eigenvalue weighted by molar-refractivity contribution is 6.76. The molecule has 0 amide bonds.